The Bertz CT molecular complexity index is 239. The maximum Gasteiger partial charge on any atom is 0.335 e. The molecular formula is C6H6O3S. The van der Waals surface area contributed by atoms with Crippen molar-refractivity contribution in [3.8, 4) is 0 Å². The van der Waals surface area contributed by atoms with E-state index in [9.17, 15) is 9.00 Å². The Morgan fingerprint density at radius 2 is 2.40 bits per heavy atom. The maximum absolute atomic E-state index is 10.6. The molecule has 1 aliphatic rings. The van der Waals surface area contributed by atoms with Crippen molar-refractivity contribution >= 4 is 16.8 Å². The molecule has 0 fully saturated rings. The zero-order valence-electron chi connectivity index (χ0n) is 5.11. The van der Waals surface area contributed by atoms with E-state index in [1.54, 1.807) is 0 Å². The van der Waals surface area contributed by atoms with Crippen molar-refractivity contribution in [1.82, 2.24) is 0 Å². The first-order valence-electron chi connectivity index (χ1n) is 2.69. The van der Waals surface area contributed by atoms with E-state index in [-0.39, 0.29) is 5.57 Å². The van der Waals surface area contributed by atoms with Crippen LogP contribution in [-0.4, -0.2) is 21.0 Å². The highest BCUT2D eigenvalue weighted by atomic mass is 32.2. The zero-order valence-corrected chi connectivity index (χ0v) is 5.93. The van der Waals surface area contributed by atoms with Crippen molar-refractivity contribution in [3.63, 3.8) is 0 Å². The first-order chi connectivity index (χ1) is 4.70. The van der Waals surface area contributed by atoms with Gasteiger partial charge in [-0.2, -0.15) is 0 Å². The minimum Gasteiger partial charge on any atom is -0.478 e. The van der Waals surface area contributed by atoms with Gasteiger partial charge in [-0.15, -0.1) is 0 Å². The Balaban J connectivity index is 2.77. The quantitative estimate of drug-likeness (QED) is 0.596. The summed E-state index contributed by atoms with van der Waals surface area (Å²) < 4.78 is 10.6. The molecular weight excluding hydrogens is 152 g/mol. The fraction of sp³-hybridized carbons (Fsp3) is 0.167. The molecule has 0 aromatic rings. The largest absolute Gasteiger partial charge is 0.478 e. The lowest BCUT2D eigenvalue weighted by Gasteiger charge is -1.99. The Hall–Kier alpha value is -0.900. The molecule has 54 valence electrons. The van der Waals surface area contributed by atoms with Crippen LogP contribution >= 0.6 is 0 Å². The average Bonchev–Trinajstić information content (AvgIpc) is 1.88. The van der Waals surface area contributed by atoms with Crippen LogP contribution in [0.15, 0.2) is 23.1 Å². The summed E-state index contributed by atoms with van der Waals surface area (Å²) in [4.78, 5) is 10.2. The van der Waals surface area contributed by atoms with Gasteiger partial charge in [-0.3, -0.25) is 4.21 Å². The number of hydrogen-bond donors (Lipinski definition) is 1. The Morgan fingerprint density at radius 3 is 2.80 bits per heavy atom. The third kappa shape index (κ3) is 1.54. The van der Waals surface area contributed by atoms with E-state index >= 15 is 0 Å². The Morgan fingerprint density at radius 1 is 1.70 bits per heavy atom. The van der Waals surface area contributed by atoms with Crippen LogP contribution in [0.4, 0.5) is 0 Å². The van der Waals surface area contributed by atoms with E-state index in [0.717, 1.165) is 0 Å². The minimum atomic E-state index is -0.998. The number of carboxylic acids is 1. The second-order valence-corrected chi connectivity index (χ2v) is 3.18. The van der Waals surface area contributed by atoms with Crippen LogP contribution in [-0.2, 0) is 15.6 Å². The summed E-state index contributed by atoms with van der Waals surface area (Å²) in [6.07, 6.45) is 2.82. The van der Waals surface area contributed by atoms with Gasteiger partial charge in [0.2, 0.25) is 0 Å². The minimum absolute atomic E-state index is 0.222. The summed E-state index contributed by atoms with van der Waals surface area (Å²) in [6.45, 7) is 0. The van der Waals surface area contributed by atoms with Crippen LogP contribution in [0.2, 0.25) is 0 Å². The van der Waals surface area contributed by atoms with Crippen molar-refractivity contribution in [1.29, 1.82) is 0 Å². The lowest BCUT2D eigenvalue weighted by molar-refractivity contribution is -0.132. The third-order valence-corrected chi connectivity index (χ3v) is 2.05. The lowest BCUT2D eigenvalue weighted by atomic mass is 10.2. The smallest absolute Gasteiger partial charge is 0.335 e. The number of rotatable bonds is 1. The van der Waals surface area contributed by atoms with Crippen LogP contribution in [0, 0.1) is 0 Å². The van der Waals surface area contributed by atoms with Crippen LogP contribution in [0.25, 0.3) is 0 Å². The average molecular weight is 158 g/mol. The number of hydrogen-bond acceptors (Lipinski definition) is 2. The van der Waals surface area contributed by atoms with Gasteiger partial charge < -0.3 is 5.11 Å². The molecule has 0 spiro atoms. The van der Waals surface area contributed by atoms with E-state index in [0.29, 0.717) is 5.75 Å². The Labute approximate surface area is 60.5 Å². The number of carboxylic acid groups (broad SMARTS) is 1. The third-order valence-electron chi connectivity index (χ3n) is 1.11. The fourth-order valence-corrected chi connectivity index (χ4v) is 1.36. The molecule has 1 atom stereocenters. The van der Waals surface area contributed by atoms with Gasteiger partial charge in [0, 0.05) is 22.0 Å². The molecule has 1 aliphatic heterocycles. The molecule has 1 rings (SSSR count). The molecule has 0 saturated carbocycles. The molecule has 4 heteroatoms. The predicted molar refractivity (Wildman–Crippen MR) is 37.9 cm³/mol. The van der Waals surface area contributed by atoms with Gasteiger partial charge >= 0.3 is 5.97 Å². The topological polar surface area (TPSA) is 54.4 Å². The van der Waals surface area contributed by atoms with E-state index in [1.165, 1.54) is 17.6 Å². The summed E-state index contributed by atoms with van der Waals surface area (Å²) in [5.41, 5.74) is 0.222. The second-order valence-electron chi connectivity index (χ2n) is 1.81. The highest BCUT2D eigenvalue weighted by Gasteiger charge is 2.07. The van der Waals surface area contributed by atoms with Gasteiger partial charge in [-0.05, 0) is 6.08 Å². The summed E-state index contributed by atoms with van der Waals surface area (Å²) in [6, 6.07) is 0. The van der Waals surface area contributed by atoms with Crippen molar-refractivity contribution in [2.45, 2.75) is 0 Å². The van der Waals surface area contributed by atoms with Crippen LogP contribution in [0.5, 0.6) is 0 Å². The van der Waals surface area contributed by atoms with Crippen molar-refractivity contribution in [3.05, 3.63) is 23.1 Å². The summed E-state index contributed by atoms with van der Waals surface area (Å²) in [5, 5.41) is 9.80. The molecule has 3 nitrogen and oxygen atoms in total. The highest BCUT2D eigenvalue weighted by Crippen LogP contribution is 2.05. The van der Waals surface area contributed by atoms with Crippen molar-refractivity contribution in [2.75, 3.05) is 5.75 Å². The molecule has 0 amide bonds. The van der Waals surface area contributed by atoms with E-state index in [1.807, 2.05) is 0 Å². The molecule has 0 bridgehead atoms. The highest BCUT2D eigenvalue weighted by molar-refractivity contribution is 7.88. The summed E-state index contributed by atoms with van der Waals surface area (Å²) >= 11 is 0. The summed E-state index contributed by atoms with van der Waals surface area (Å²) in [5.74, 6) is -0.647. The summed E-state index contributed by atoms with van der Waals surface area (Å²) in [7, 11) is -0.998. The van der Waals surface area contributed by atoms with Gasteiger partial charge in [0.25, 0.3) is 0 Å². The van der Waals surface area contributed by atoms with Gasteiger partial charge in [0.15, 0.2) is 0 Å². The van der Waals surface area contributed by atoms with E-state index < -0.39 is 16.8 Å². The zero-order chi connectivity index (χ0) is 7.56. The normalized spacial score (nSPS) is 24.0. The van der Waals surface area contributed by atoms with Crippen LogP contribution in [0.1, 0.15) is 0 Å². The molecule has 0 radical (unpaired) electrons. The molecule has 0 aromatic heterocycles. The molecule has 0 saturated heterocycles. The van der Waals surface area contributed by atoms with Crippen molar-refractivity contribution < 1.29 is 14.1 Å². The van der Waals surface area contributed by atoms with E-state index in [4.69, 9.17) is 5.11 Å². The fourth-order valence-electron chi connectivity index (χ4n) is 0.603. The molecule has 0 aliphatic carbocycles. The van der Waals surface area contributed by atoms with Crippen LogP contribution in [0.3, 0.4) is 0 Å². The number of aliphatic carboxylic acids is 1. The van der Waals surface area contributed by atoms with Crippen LogP contribution < -0.4 is 0 Å². The first-order valence-corrected chi connectivity index (χ1v) is 4.07. The van der Waals surface area contributed by atoms with Gasteiger partial charge in [-0.1, -0.05) is 6.08 Å². The maximum atomic E-state index is 10.6. The van der Waals surface area contributed by atoms with E-state index in [2.05, 4.69) is 0 Å². The number of carbonyl (C=O) groups is 1. The molecule has 10 heavy (non-hydrogen) atoms. The van der Waals surface area contributed by atoms with Crippen molar-refractivity contribution in [2.24, 2.45) is 0 Å². The Kier molecular flexibility index (Phi) is 2.01. The predicted octanol–water partition coefficient (Wildman–Crippen LogP) is 0.273. The monoisotopic (exact) mass is 158 g/mol. The first kappa shape index (κ1) is 7.21. The second kappa shape index (κ2) is 2.79. The SMILES string of the molecule is O=C(O)C1=CCS(=O)C=C1. The molecule has 0 aromatic carbocycles. The lowest BCUT2D eigenvalue weighted by Crippen LogP contribution is -2.04. The van der Waals surface area contributed by atoms with Gasteiger partial charge in [-0.25, -0.2) is 4.79 Å². The standard InChI is InChI=1S/C6H6O3S/c7-6(8)5-1-3-10(9)4-2-5/h1-3H,4H2,(H,7,8). The molecule has 1 N–H and O–H groups in total. The van der Waals surface area contributed by atoms with Gasteiger partial charge in [0.1, 0.15) is 0 Å². The molecule has 1 heterocycles. The molecule has 1 unspecified atom stereocenters. The van der Waals surface area contributed by atoms with Gasteiger partial charge in [0.05, 0.1) is 5.57 Å².